The minimum absolute atomic E-state index is 0.0516. The summed E-state index contributed by atoms with van der Waals surface area (Å²) in [5, 5.41) is 8.68. The Balaban J connectivity index is 2.00. The first kappa shape index (κ1) is 13.9. The minimum Gasteiger partial charge on any atom is -0.369 e. The van der Waals surface area contributed by atoms with Crippen LogP contribution in [-0.4, -0.2) is 16.7 Å². The fourth-order valence-electron chi connectivity index (χ4n) is 2.45. The standard InChI is InChI=1S/C17H17N5/c18-17(19)21-20-10-14-12-22(11-13-6-2-1-3-7-13)16-9-5-4-8-15(14)16/h1-10,12H,11H2,(H4,18,19,21)/b20-10+. The molecule has 0 spiro atoms. The Morgan fingerprint density at radius 3 is 2.50 bits per heavy atom. The zero-order valence-electron chi connectivity index (χ0n) is 12.1. The number of guanidine groups is 1. The van der Waals surface area contributed by atoms with Gasteiger partial charge in [0.25, 0.3) is 0 Å². The molecule has 0 unspecified atom stereocenters. The van der Waals surface area contributed by atoms with E-state index in [1.165, 1.54) is 5.56 Å². The molecule has 0 aliphatic rings. The van der Waals surface area contributed by atoms with E-state index >= 15 is 0 Å². The first-order valence-electron chi connectivity index (χ1n) is 6.98. The van der Waals surface area contributed by atoms with Gasteiger partial charge in [0.2, 0.25) is 5.96 Å². The van der Waals surface area contributed by atoms with Gasteiger partial charge in [-0.2, -0.15) is 5.10 Å². The molecule has 0 amide bonds. The molecule has 1 aromatic heterocycles. The van der Waals surface area contributed by atoms with Crippen molar-refractivity contribution in [3.05, 3.63) is 71.9 Å². The van der Waals surface area contributed by atoms with Gasteiger partial charge in [0.15, 0.2) is 0 Å². The Hall–Kier alpha value is -3.08. The van der Waals surface area contributed by atoms with Crippen LogP contribution in [0.2, 0.25) is 0 Å². The first-order chi connectivity index (χ1) is 10.7. The maximum Gasteiger partial charge on any atom is 0.211 e. The molecule has 0 aliphatic heterocycles. The van der Waals surface area contributed by atoms with Crippen LogP contribution in [0.25, 0.3) is 10.9 Å². The summed E-state index contributed by atoms with van der Waals surface area (Å²) in [5.41, 5.74) is 14.0. The molecule has 22 heavy (non-hydrogen) atoms. The van der Waals surface area contributed by atoms with Crippen LogP contribution < -0.4 is 11.5 Å². The topological polar surface area (TPSA) is 81.7 Å². The molecule has 5 heteroatoms. The SMILES string of the molecule is NC(N)=N/N=C/c1cn(Cc2ccccc2)c2ccccc12. The van der Waals surface area contributed by atoms with E-state index in [9.17, 15) is 0 Å². The molecular formula is C17H17N5. The van der Waals surface area contributed by atoms with Crippen LogP contribution in [0.4, 0.5) is 0 Å². The number of hydrogen-bond acceptors (Lipinski definition) is 2. The normalized spacial score (nSPS) is 11.1. The zero-order valence-corrected chi connectivity index (χ0v) is 12.1. The number of hydrogen-bond donors (Lipinski definition) is 2. The van der Waals surface area contributed by atoms with Crippen LogP contribution in [0.15, 0.2) is 71.0 Å². The number of nitrogens with two attached hydrogens (primary N) is 2. The third-order valence-electron chi connectivity index (χ3n) is 3.39. The van der Waals surface area contributed by atoms with E-state index < -0.39 is 0 Å². The van der Waals surface area contributed by atoms with Gasteiger partial charge in [-0.1, -0.05) is 48.5 Å². The molecular weight excluding hydrogens is 274 g/mol. The lowest BCUT2D eigenvalue weighted by Gasteiger charge is -2.05. The molecule has 1 heterocycles. The molecule has 0 radical (unpaired) electrons. The van der Waals surface area contributed by atoms with Gasteiger partial charge >= 0.3 is 0 Å². The Morgan fingerprint density at radius 2 is 1.73 bits per heavy atom. The molecule has 3 rings (SSSR count). The van der Waals surface area contributed by atoms with Crippen molar-refractivity contribution < 1.29 is 0 Å². The Bertz CT molecular complexity index is 827. The second-order valence-corrected chi connectivity index (χ2v) is 4.98. The number of aromatic nitrogens is 1. The van der Waals surface area contributed by atoms with Gasteiger partial charge < -0.3 is 16.0 Å². The van der Waals surface area contributed by atoms with Crippen molar-refractivity contribution in [3.63, 3.8) is 0 Å². The molecule has 0 saturated heterocycles. The number of nitrogens with zero attached hydrogens (tertiary/aromatic N) is 3. The monoisotopic (exact) mass is 291 g/mol. The van der Waals surface area contributed by atoms with Gasteiger partial charge in [-0.05, 0) is 11.6 Å². The number of fused-ring (bicyclic) bond motifs is 1. The largest absolute Gasteiger partial charge is 0.369 e. The molecule has 110 valence electrons. The molecule has 5 nitrogen and oxygen atoms in total. The maximum absolute atomic E-state index is 5.29. The van der Waals surface area contributed by atoms with Gasteiger partial charge in [-0.25, -0.2) is 0 Å². The first-order valence-corrected chi connectivity index (χ1v) is 6.98. The van der Waals surface area contributed by atoms with Crippen LogP contribution in [-0.2, 0) is 6.54 Å². The third kappa shape index (κ3) is 2.98. The molecule has 0 bridgehead atoms. The van der Waals surface area contributed by atoms with E-state index in [0.29, 0.717) is 0 Å². The lowest BCUT2D eigenvalue weighted by Crippen LogP contribution is -2.21. The van der Waals surface area contributed by atoms with Crippen LogP contribution in [0.3, 0.4) is 0 Å². The Kier molecular flexibility index (Phi) is 3.87. The van der Waals surface area contributed by atoms with Gasteiger partial charge in [0.05, 0.1) is 6.21 Å². The second-order valence-electron chi connectivity index (χ2n) is 4.98. The smallest absolute Gasteiger partial charge is 0.211 e. The average Bonchev–Trinajstić information content (AvgIpc) is 2.86. The van der Waals surface area contributed by atoms with Crippen LogP contribution in [0.1, 0.15) is 11.1 Å². The van der Waals surface area contributed by atoms with E-state index in [2.05, 4.69) is 45.2 Å². The van der Waals surface area contributed by atoms with Gasteiger partial charge in [-0.15, -0.1) is 5.10 Å². The van der Waals surface area contributed by atoms with Gasteiger partial charge in [-0.3, -0.25) is 0 Å². The van der Waals surface area contributed by atoms with E-state index in [1.807, 2.05) is 30.3 Å². The quantitative estimate of drug-likeness (QED) is 0.439. The van der Waals surface area contributed by atoms with Crippen LogP contribution in [0, 0.1) is 0 Å². The van der Waals surface area contributed by atoms with E-state index in [-0.39, 0.29) is 5.96 Å². The van der Waals surface area contributed by atoms with E-state index in [1.54, 1.807) is 6.21 Å². The summed E-state index contributed by atoms with van der Waals surface area (Å²) in [6.07, 6.45) is 3.73. The highest BCUT2D eigenvalue weighted by molar-refractivity contribution is 5.99. The van der Waals surface area contributed by atoms with Crippen LogP contribution in [0.5, 0.6) is 0 Å². The van der Waals surface area contributed by atoms with E-state index in [4.69, 9.17) is 11.5 Å². The van der Waals surface area contributed by atoms with E-state index in [0.717, 1.165) is 23.0 Å². The average molecular weight is 291 g/mol. The number of para-hydroxylation sites is 1. The maximum atomic E-state index is 5.29. The van der Waals surface area contributed by atoms with Crippen molar-refractivity contribution in [1.82, 2.24) is 4.57 Å². The molecule has 0 fully saturated rings. The van der Waals surface area contributed by atoms with Gasteiger partial charge in [0.1, 0.15) is 0 Å². The van der Waals surface area contributed by atoms with Gasteiger partial charge in [0, 0.05) is 29.2 Å². The Morgan fingerprint density at radius 1 is 1.00 bits per heavy atom. The summed E-state index contributed by atoms with van der Waals surface area (Å²) in [7, 11) is 0. The summed E-state index contributed by atoms with van der Waals surface area (Å²) in [6, 6.07) is 18.5. The molecule has 0 atom stereocenters. The van der Waals surface area contributed by atoms with Crippen molar-refractivity contribution >= 4 is 23.1 Å². The molecule has 0 saturated carbocycles. The molecule has 2 aromatic carbocycles. The third-order valence-corrected chi connectivity index (χ3v) is 3.39. The van der Waals surface area contributed by atoms with Crippen molar-refractivity contribution in [2.24, 2.45) is 21.7 Å². The Labute approximate surface area is 128 Å². The molecule has 0 aliphatic carbocycles. The lowest BCUT2D eigenvalue weighted by atomic mass is 10.2. The zero-order chi connectivity index (χ0) is 15.4. The summed E-state index contributed by atoms with van der Waals surface area (Å²) in [4.78, 5) is 0. The second kappa shape index (κ2) is 6.13. The summed E-state index contributed by atoms with van der Waals surface area (Å²) < 4.78 is 2.20. The molecule has 3 aromatic rings. The van der Waals surface area contributed by atoms with Crippen molar-refractivity contribution in [2.45, 2.75) is 6.54 Å². The van der Waals surface area contributed by atoms with Crippen LogP contribution >= 0.6 is 0 Å². The van der Waals surface area contributed by atoms with Crippen molar-refractivity contribution in [3.8, 4) is 0 Å². The highest BCUT2D eigenvalue weighted by Crippen LogP contribution is 2.21. The number of rotatable bonds is 4. The number of benzene rings is 2. The minimum atomic E-state index is -0.0516. The predicted molar refractivity (Wildman–Crippen MR) is 90.9 cm³/mol. The highest BCUT2D eigenvalue weighted by atomic mass is 15.3. The van der Waals surface area contributed by atoms with Crippen molar-refractivity contribution in [2.75, 3.05) is 0 Å². The summed E-state index contributed by atoms with van der Waals surface area (Å²) >= 11 is 0. The lowest BCUT2D eigenvalue weighted by molar-refractivity contribution is 0.836. The highest BCUT2D eigenvalue weighted by Gasteiger charge is 2.06. The molecule has 4 N–H and O–H groups in total. The fraction of sp³-hybridized carbons (Fsp3) is 0.0588. The summed E-state index contributed by atoms with van der Waals surface area (Å²) in [6.45, 7) is 0.803. The predicted octanol–water partition coefficient (Wildman–Crippen LogP) is 2.30. The van der Waals surface area contributed by atoms with Crippen molar-refractivity contribution in [1.29, 1.82) is 0 Å². The fourth-order valence-corrected chi connectivity index (χ4v) is 2.45. The summed E-state index contributed by atoms with van der Waals surface area (Å²) in [5.74, 6) is -0.0516.